The molecule has 0 spiro atoms. The largest absolute Gasteiger partial charge is 0.493 e. The number of likely N-dealkylation sites (N-methyl/N-ethyl adjacent to an activating group) is 1. The minimum atomic E-state index is -0.601. The molecule has 1 fully saturated rings. The predicted molar refractivity (Wildman–Crippen MR) is 84.5 cm³/mol. The minimum Gasteiger partial charge on any atom is -0.493 e. The molecule has 0 amide bonds. The van der Waals surface area contributed by atoms with Gasteiger partial charge in [-0.2, -0.15) is 0 Å². The first-order chi connectivity index (χ1) is 10.2. The van der Waals surface area contributed by atoms with E-state index in [1.54, 1.807) is 13.1 Å². The van der Waals surface area contributed by atoms with E-state index in [-0.39, 0.29) is 11.4 Å². The van der Waals surface area contributed by atoms with Gasteiger partial charge in [0.15, 0.2) is 0 Å². The fourth-order valence-corrected chi connectivity index (χ4v) is 2.12. The summed E-state index contributed by atoms with van der Waals surface area (Å²) in [6.45, 7) is 8.28. The van der Waals surface area contributed by atoms with Crippen molar-refractivity contribution in [3.63, 3.8) is 0 Å². The third-order valence-corrected chi connectivity index (χ3v) is 4.13. The van der Waals surface area contributed by atoms with Crippen molar-refractivity contribution in [1.29, 1.82) is 0 Å². The monoisotopic (exact) mass is 307 g/mol. The van der Waals surface area contributed by atoms with Gasteiger partial charge in [0.25, 0.3) is 5.56 Å². The smallest absolute Gasteiger partial charge is 0.491 e. The second kappa shape index (κ2) is 5.87. The summed E-state index contributed by atoms with van der Waals surface area (Å²) in [5, 5.41) is 12.8. The lowest BCUT2D eigenvalue weighted by atomic mass is 9.77. The van der Waals surface area contributed by atoms with Crippen LogP contribution in [0.25, 0.3) is 6.08 Å². The molecule has 22 heavy (non-hydrogen) atoms. The van der Waals surface area contributed by atoms with Crippen LogP contribution < -0.4 is 10.9 Å². The van der Waals surface area contributed by atoms with E-state index in [9.17, 15) is 9.90 Å². The molecule has 3 N–H and O–H groups in total. The zero-order valence-corrected chi connectivity index (χ0v) is 13.6. The summed E-state index contributed by atoms with van der Waals surface area (Å²) < 4.78 is 12.0. The van der Waals surface area contributed by atoms with Gasteiger partial charge in [0.05, 0.1) is 17.5 Å². The van der Waals surface area contributed by atoms with Crippen LogP contribution in [0.5, 0.6) is 5.88 Å². The molecule has 1 aliphatic heterocycles. The highest BCUT2D eigenvalue weighted by Crippen LogP contribution is 2.38. The lowest BCUT2D eigenvalue weighted by molar-refractivity contribution is 0.00578. The second-order valence-corrected chi connectivity index (χ2v) is 6.31. The molecule has 1 saturated heterocycles. The quantitative estimate of drug-likeness (QED) is 0.709. The van der Waals surface area contributed by atoms with Crippen LogP contribution in [-0.4, -0.2) is 47.0 Å². The Hall–Kier alpha value is -1.64. The van der Waals surface area contributed by atoms with E-state index < -0.39 is 23.9 Å². The number of H-pyrrole nitrogens is 1. The van der Waals surface area contributed by atoms with Gasteiger partial charge >= 0.3 is 7.12 Å². The second-order valence-electron chi connectivity index (χ2n) is 6.31. The molecule has 1 aliphatic rings. The van der Waals surface area contributed by atoms with Gasteiger partial charge in [-0.3, -0.25) is 4.79 Å². The van der Waals surface area contributed by atoms with Gasteiger partial charge in [0.2, 0.25) is 5.88 Å². The first-order valence-corrected chi connectivity index (χ1v) is 7.15. The Morgan fingerprint density at radius 3 is 2.50 bits per heavy atom. The average molecular weight is 307 g/mol. The fourth-order valence-electron chi connectivity index (χ4n) is 2.12. The summed E-state index contributed by atoms with van der Waals surface area (Å²) in [4.78, 5) is 18.0. The summed E-state index contributed by atoms with van der Waals surface area (Å²) in [6, 6.07) is 0. The minimum absolute atomic E-state index is 0.0856. The predicted octanol–water partition coefficient (Wildman–Crippen LogP) is 0.710. The van der Waals surface area contributed by atoms with Crippen LogP contribution in [0.1, 0.15) is 33.3 Å². The molecule has 0 aromatic carbocycles. The first-order valence-electron chi connectivity index (χ1n) is 7.15. The summed E-state index contributed by atoms with van der Waals surface area (Å²) in [5.74, 6) is -0.325. The Bertz CT molecular complexity index is 623. The standard InChI is InChI=1S/C14H22BN3O4/c1-13(2)14(3,4)22-15(21-13)9(7-16-5)6-10-11(19)17-8-18-12(10)20/h6,8,16H,7H2,1-5H3,(H2,17,18,19,20). The van der Waals surface area contributed by atoms with E-state index in [0.29, 0.717) is 12.0 Å². The molecule has 120 valence electrons. The SMILES string of the molecule is CNCC(=Cc1c(O)nc[nH]c1=O)B1OC(C)(C)C(C)(C)O1. The number of aromatic amines is 1. The van der Waals surface area contributed by atoms with Crippen LogP contribution in [0.3, 0.4) is 0 Å². The van der Waals surface area contributed by atoms with E-state index in [2.05, 4.69) is 15.3 Å². The van der Waals surface area contributed by atoms with Crippen LogP contribution in [0.2, 0.25) is 0 Å². The molecular weight excluding hydrogens is 285 g/mol. The van der Waals surface area contributed by atoms with Crippen molar-refractivity contribution in [3.05, 3.63) is 27.7 Å². The Morgan fingerprint density at radius 2 is 2.00 bits per heavy atom. The zero-order chi connectivity index (χ0) is 16.5. The van der Waals surface area contributed by atoms with Gasteiger partial charge in [-0.25, -0.2) is 4.98 Å². The molecule has 8 heteroatoms. The van der Waals surface area contributed by atoms with Crippen molar-refractivity contribution in [2.75, 3.05) is 13.6 Å². The van der Waals surface area contributed by atoms with Crippen molar-refractivity contribution in [1.82, 2.24) is 15.3 Å². The summed E-state index contributed by atoms with van der Waals surface area (Å²) >= 11 is 0. The fraction of sp³-hybridized carbons (Fsp3) is 0.571. The van der Waals surface area contributed by atoms with Gasteiger partial charge < -0.3 is 24.7 Å². The normalized spacial score (nSPS) is 20.4. The average Bonchev–Trinajstić information content (AvgIpc) is 2.61. The van der Waals surface area contributed by atoms with Crippen LogP contribution in [0.4, 0.5) is 0 Å². The number of nitrogens with one attached hydrogen (secondary N) is 2. The molecule has 0 aliphatic carbocycles. The highest BCUT2D eigenvalue weighted by Gasteiger charge is 2.52. The molecular formula is C14H22BN3O4. The van der Waals surface area contributed by atoms with Crippen molar-refractivity contribution < 1.29 is 14.4 Å². The van der Waals surface area contributed by atoms with Crippen LogP contribution in [0, 0.1) is 0 Å². The molecule has 0 saturated carbocycles. The maximum absolute atomic E-state index is 11.8. The van der Waals surface area contributed by atoms with Crippen LogP contribution in [0.15, 0.2) is 16.6 Å². The van der Waals surface area contributed by atoms with Crippen molar-refractivity contribution in [3.8, 4) is 5.88 Å². The van der Waals surface area contributed by atoms with E-state index in [0.717, 1.165) is 6.33 Å². The van der Waals surface area contributed by atoms with Gasteiger partial charge in [-0.15, -0.1) is 0 Å². The Kier molecular flexibility index (Phi) is 4.46. The summed E-state index contributed by atoms with van der Waals surface area (Å²) in [7, 11) is 1.18. The highest BCUT2D eigenvalue weighted by atomic mass is 16.7. The van der Waals surface area contributed by atoms with E-state index in [1.165, 1.54) is 0 Å². The van der Waals surface area contributed by atoms with Gasteiger partial charge in [0, 0.05) is 6.54 Å². The molecule has 1 aromatic heterocycles. The number of aromatic nitrogens is 2. The number of rotatable bonds is 4. The van der Waals surface area contributed by atoms with Crippen molar-refractivity contribution >= 4 is 13.2 Å². The molecule has 7 nitrogen and oxygen atoms in total. The van der Waals surface area contributed by atoms with Crippen molar-refractivity contribution in [2.24, 2.45) is 0 Å². The lowest BCUT2D eigenvalue weighted by Crippen LogP contribution is -2.41. The third-order valence-electron chi connectivity index (χ3n) is 4.13. The zero-order valence-electron chi connectivity index (χ0n) is 13.6. The Labute approximate surface area is 129 Å². The molecule has 0 unspecified atom stereocenters. The number of hydrogen-bond acceptors (Lipinski definition) is 6. The van der Waals surface area contributed by atoms with E-state index >= 15 is 0 Å². The van der Waals surface area contributed by atoms with Crippen LogP contribution in [-0.2, 0) is 9.31 Å². The first kappa shape index (κ1) is 16.7. The van der Waals surface area contributed by atoms with Gasteiger partial charge in [-0.05, 0) is 46.3 Å². The van der Waals surface area contributed by atoms with Crippen LogP contribution >= 0.6 is 0 Å². The maximum Gasteiger partial charge on any atom is 0.491 e. The van der Waals surface area contributed by atoms with Gasteiger partial charge in [-0.1, -0.05) is 0 Å². The maximum atomic E-state index is 11.8. The third kappa shape index (κ3) is 3.09. The number of nitrogens with zero attached hydrogens (tertiary/aromatic N) is 1. The molecule has 2 rings (SSSR count). The topological polar surface area (TPSA) is 96.5 Å². The number of hydrogen-bond donors (Lipinski definition) is 3. The molecule has 2 heterocycles. The summed E-state index contributed by atoms with van der Waals surface area (Å²) in [5.41, 5.74) is -0.586. The van der Waals surface area contributed by atoms with Crippen molar-refractivity contribution in [2.45, 2.75) is 38.9 Å². The molecule has 0 bridgehead atoms. The molecule has 1 aromatic rings. The Morgan fingerprint density at radius 1 is 1.41 bits per heavy atom. The van der Waals surface area contributed by atoms with E-state index in [4.69, 9.17) is 9.31 Å². The Balaban J connectivity index is 2.40. The van der Waals surface area contributed by atoms with Gasteiger partial charge in [0.1, 0.15) is 5.56 Å². The molecule has 0 atom stereocenters. The molecule has 0 radical (unpaired) electrons. The highest BCUT2D eigenvalue weighted by molar-refractivity contribution is 6.55. The summed E-state index contributed by atoms with van der Waals surface area (Å²) in [6.07, 6.45) is 2.71. The lowest BCUT2D eigenvalue weighted by Gasteiger charge is -2.32. The number of aromatic hydroxyl groups is 1. The van der Waals surface area contributed by atoms with E-state index in [1.807, 2.05) is 27.7 Å².